The van der Waals surface area contributed by atoms with Gasteiger partial charge in [-0.15, -0.1) is 0 Å². The molecule has 0 saturated heterocycles. The SMILES string of the molecule is CCc1cnn2c(NC(C)C(F)(F)F)c(C(C)CC)c(Cl)nc12. The Morgan fingerprint density at radius 2 is 1.96 bits per heavy atom. The van der Waals surface area contributed by atoms with Gasteiger partial charge in [0.2, 0.25) is 0 Å². The summed E-state index contributed by atoms with van der Waals surface area (Å²) in [6.45, 7) is 6.86. The van der Waals surface area contributed by atoms with Gasteiger partial charge in [-0.25, -0.2) is 4.98 Å². The predicted octanol–water partition coefficient (Wildman–Crippen LogP) is 4.82. The van der Waals surface area contributed by atoms with Crippen molar-refractivity contribution >= 4 is 23.1 Å². The second kappa shape index (κ2) is 6.55. The van der Waals surface area contributed by atoms with Crippen LogP contribution in [0.2, 0.25) is 5.15 Å². The van der Waals surface area contributed by atoms with Gasteiger partial charge in [-0.05, 0) is 25.7 Å². The summed E-state index contributed by atoms with van der Waals surface area (Å²) in [7, 11) is 0. The minimum Gasteiger partial charge on any atom is -0.358 e. The van der Waals surface area contributed by atoms with Crippen LogP contribution in [0.1, 0.15) is 51.2 Å². The fraction of sp³-hybridized carbons (Fsp3) is 0.600. The maximum atomic E-state index is 13.0. The van der Waals surface area contributed by atoms with E-state index in [0.29, 0.717) is 17.6 Å². The molecular weight excluding hydrogens is 329 g/mol. The van der Waals surface area contributed by atoms with Gasteiger partial charge in [0.15, 0.2) is 5.65 Å². The van der Waals surface area contributed by atoms with Crippen molar-refractivity contribution in [3.63, 3.8) is 0 Å². The van der Waals surface area contributed by atoms with Crippen LogP contribution in [0.3, 0.4) is 0 Å². The molecule has 2 rings (SSSR count). The summed E-state index contributed by atoms with van der Waals surface area (Å²) in [6, 6.07) is -1.72. The van der Waals surface area contributed by atoms with Crippen molar-refractivity contribution in [2.45, 2.75) is 58.7 Å². The highest BCUT2D eigenvalue weighted by Crippen LogP contribution is 2.35. The number of rotatable bonds is 5. The van der Waals surface area contributed by atoms with Crippen molar-refractivity contribution in [3.8, 4) is 0 Å². The van der Waals surface area contributed by atoms with Crippen LogP contribution >= 0.6 is 11.6 Å². The molecule has 8 heteroatoms. The second-order valence-electron chi connectivity index (χ2n) is 5.64. The minimum atomic E-state index is -4.37. The van der Waals surface area contributed by atoms with E-state index in [4.69, 9.17) is 11.6 Å². The molecule has 0 radical (unpaired) electrons. The van der Waals surface area contributed by atoms with E-state index in [2.05, 4.69) is 15.4 Å². The van der Waals surface area contributed by atoms with Crippen molar-refractivity contribution in [2.24, 2.45) is 0 Å². The first-order valence-electron chi connectivity index (χ1n) is 7.59. The number of nitrogens with zero attached hydrogens (tertiary/aromatic N) is 3. The number of aromatic nitrogens is 3. The lowest BCUT2D eigenvalue weighted by molar-refractivity contribution is -0.138. The highest BCUT2D eigenvalue weighted by molar-refractivity contribution is 6.30. The van der Waals surface area contributed by atoms with Crippen LogP contribution < -0.4 is 5.32 Å². The molecule has 2 aromatic heterocycles. The zero-order valence-corrected chi connectivity index (χ0v) is 14.3. The maximum absolute atomic E-state index is 13.0. The number of nitrogens with one attached hydrogen (secondary N) is 1. The molecule has 2 heterocycles. The third-order valence-corrected chi connectivity index (χ3v) is 4.33. The van der Waals surface area contributed by atoms with E-state index in [1.165, 1.54) is 4.52 Å². The van der Waals surface area contributed by atoms with Crippen LogP contribution in [0.25, 0.3) is 5.65 Å². The van der Waals surface area contributed by atoms with Crippen LogP contribution in [0.5, 0.6) is 0 Å². The van der Waals surface area contributed by atoms with E-state index < -0.39 is 12.2 Å². The highest BCUT2D eigenvalue weighted by Gasteiger charge is 2.37. The standard InChI is InChI=1S/C15H20ClF3N4/c1-5-8(3)11-12(16)22-13-10(6-2)7-20-23(13)14(11)21-9(4)15(17,18)19/h7-9,21H,5-6H2,1-4H3. The summed E-state index contributed by atoms with van der Waals surface area (Å²) in [5, 5.41) is 6.97. The third kappa shape index (κ3) is 3.39. The molecule has 0 fully saturated rings. The largest absolute Gasteiger partial charge is 0.408 e. The van der Waals surface area contributed by atoms with Crippen LogP contribution in [0.15, 0.2) is 6.20 Å². The number of halogens is 4. The van der Waals surface area contributed by atoms with Gasteiger partial charge in [-0.2, -0.15) is 22.8 Å². The van der Waals surface area contributed by atoms with Crippen LogP contribution in [-0.2, 0) is 6.42 Å². The topological polar surface area (TPSA) is 42.2 Å². The molecule has 2 atom stereocenters. The molecule has 0 aliphatic heterocycles. The molecule has 0 amide bonds. The van der Waals surface area contributed by atoms with Crippen molar-refractivity contribution in [3.05, 3.63) is 22.5 Å². The van der Waals surface area contributed by atoms with Gasteiger partial charge in [0.1, 0.15) is 17.0 Å². The van der Waals surface area contributed by atoms with Gasteiger partial charge in [-0.3, -0.25) is 0 Å². The number of aryl methyl sites for hydroxylation is 1. The van der Waals surface area contributed by atoms with Gasteiger partial charge in [0.05, 0.1) is 6.20 Å². The molecule has 0 bridgehead atoms. The molecule has 2 unspecified atom stereocenters. The van der Waals surface area contributed by atoms with E-state index in [-0.39, 0.29) is 16.9 Å². The Kier molecular flexibility index (Phi) is 5.08. The monoisotopic (exact) mass is 348 g/mol. The summed E-state index contributed by atoms with van der Waals surface area (Å²) >= 11 is 6.29. The van der Waals surface area contributed by atoms with Gasteiger partial charge in [-0.1, -0.05) is 32.4 Å². The molecule has 128 valence electrons. The van der Waals surface area contributed by atoms with Gasteiger partial charge in [0, 0.05) is 11.1 Å². The van der Waals surface area contributed by atoms with Crippen LogP contribution in [-0.4, -0.2) is 26.8 Å². The Morgan fingerprint density at radius 3 is 2.48 bits per heavy atom. The van der Waals surface area contributed by atoms with Crippen molar-refractivity contribution in [1.82, 2.24) is 14.6 Å². The summed E-state index contributed by atoms with van der Waals surface area (Å²) in [4.78, 5) is 4.35. The molecule has 0 saturated carbocycles. The molecular formula is C15H20ClF3N4. The fourth-order valence-corrected chi connectivity index (χ4v) is 2.70. The van der Waals surface area contributed by atoms with E-state index in [1.807, 2.05) is 20.8 Å². The Hall–Kier alpha value is -1.50. The lowest BCUT2D eigenvalue weighted by Gasteiger charge is -2.23. The molecule has 4 nitrogen and oxygen atoms in total. The number of anilines is 1. The zero-order chi connectivity index (χ0) is 17.4. The summed E-state index contributed by atoms with van der Waals surface area (Å²) < 4.78 is 40.4. The predicted molar refractivity (Wildman–Crippen MR) is 85.2 cm³/mol. The molecule has 0 spiro atoms. The average molecular weight is 349 g/mol. The molecule has 0 aliphatic rings. The number of alkyl halides is 3. The highest BCUT2D eigenvalue weighted by atomic mass is 35.5. The fourth-order valence-electron chi connectivity index (χ4n) is 2.34. The second-order valence-corrected chi connectivity index (χ2v) is 6.00. The number of hydrogen-bond acceptors (Lipinski definition) is 3. The van der Waals surface area contributed by atoms with Crippen LogP contribution in [0.4, 0.5) is 19.0 Å². The number of fused-ring (bicyclic) bond motifs is 1. The summed E-state index contributed by atoms with van der Waals surface area (Å²) in [5.74, 6) is 0.218. The van der Waals surface area contributed by atoms with Gasteiger partial charge in [0.25, 0.3) is 0 Å². The van der Waals surface area contributed by atoms with E-state index in [0.717, 1.165) is 18.9 Å². The van der Waals surface area contributed by atoms with Gasteiger partial charge >= 0.3 is 6.18 Å². The Balaban J connectivity index is 2.68. The lowest BCUT2D eigenvalue weighted by Crippen LogP contribution is -2.34. The number of hydrogen-bond donors (Lipinski definition) is 1. The smallest absolute Gasteiger partial charge is 0.358 e. The van der Waals surface area contributed by atoms with Crippen molar-refractivity contribution < 1.29 is 13.2 Å². The molecule has 0 aliphatic carbocycles. The zero-order valence-electron chi connectivity index (χ0n) is 13.5. The Bertz CT molecular complexity index is 696. The lowest BCUT2D eigenvalue weighted by atomic mass is 10.0. The third-order valence-electron chi connectivity index (χ3n) is 4.04. The first-order chi connectivity index (χ1) is 10.7. The van der Waals surface area contributed by atoms with E-state index in [1.54, 1.807) is 6.20 Å². The molecule has 1 N–H and O–H groups in total. The molecule has 0 aromatic carbocycles. The molecule has 2 aromatic rings. The summed E-state index contributed by atoms with van der Waals surface area (Å²) in [5.41, 5.74) is 1.88. The minimum absolute atomic E-state index is 0.0448. The van der Waals surface area contributed by atoms with Gasteiger partial charge < -0.3 is 5.32 Å². The van der Waals surface area contributed by atoms with Crippen molar-refractivity contribution in [1.29, 1.82) is 0 Å². The Morgan fingerprint density at radius 1 is 1.30 bits per heavy atom. The molecule has 23 heavy (non-hydrogen) atoms. The maximum Gasteiger partial charge on any atom is 0.408 e. The average Bonchev–Trinajstić information content (AvgIpc) is 2.88. The Labute approximate surface area is 138 Å². The summed E-state index contributed by atoms with van der Waals surface area (Å²) in [6.07, 6.45) is -1.36. The van der Waals surface area contributed by atoms with Crippen LogP contribution in [0, 0.1) is 0 Å². The van der Waals surface area contributed by atoms with E-state index >= 15 is 0 Å². The van der Waals surface area contributed by atoms with E-state index in [9.17, 15) is 13.2 Å². The normalized spacial score (nSPS) is 15.0. The quantitative estimate of drug-likeness (QED) is 0.787. The first kappa shape index (κ1) is 17.8. The first-order valence-corrected chi connectivity index (χ1v) is 7.97. The van der Waals surface area contributed by atoms with Crippen molar-refractivity contribution in [2.75, 3.05) is 5.32 Å².